The molecule has 0 bridgehead atoms. The summed E-state index contributed by atoms with van der Waals surface area (Å²) in [5.41, 5.74) is 3.20. The highest BCUT2D eigenvalue weighted by Gasteiger charge is 2.32. The van der Waals surface area contributed by atoms with Crippen molar-refractivity contribution in [2.45, 2.75) is 46.2 Å². The average molecular weight is 415 g/mol. The van der Waals surface area contributed by atoms with Crippen molar-refractivity contribution in [3.05, 3.63) is 46.3 Å². The van der Waals surface area contributed by atoms with Crippen molar-refractivity contribution >= 4 is 11.8 Å². The molecular weight excluding hydrogens is 384 g/mol. The van der Waals surface area contributed by atoms with E-state index in [1.165, 1.54) is 0 Å². The van der Waals surface area contributed by atoms with Gasteiger partial charge >= 0.3 is 5.97 Å². The summed E-state index contributed by atoms with van der Waals surface area (Å²) < 4.78 is 16.0. The number of methoxy groups -OCH3 is 2. The van der Waals surface area contributed by atoms with Gasteiger partial charge in [0.25, 0.3) is 0 Å². The molecule has 1 fully saturated rings. The Balaban J connectivity index is 1.81. The summed E-state index contributed by atoms with van der Waals surface area (Å²) in [6.07, 6.45) is 2.13. The number of nitrogens with one attached hydrogen (secondary N) is 1. The highest BCUT2D eigenvalue weighted by molar-refractivity contribution is 6.02. The highest BCUT2D eigenvalue weighted by Crippen LogP contribution is 2.32. The number of carbonyl (C=O) groups excluding carboxylic acids is 2. The molecule has 162 valence electrons. The van der Waals surface area contributed by atoms with E-state index in [-0.39, 0.29) is 12.3 Å². The first-order valence-electron chi connectivity index (χ1n) is 10.2. The second kappa shape index (κ2) is 9.34. The second-order valence-corrected chi connectivity index (χ2v) is 7.58. The smallest absolute Gasteiger partial charge is 0.340 e. The number of ketones is 1. The van der Waals surface area contributed by atoms with Crippen LogP contribution in [0, 0.1) is 13.8 Å². The van der Waals surface area contributed by atoms with Gasteiger partial charge in [0.1, 0.15) is 11.5 Å². The van der Waals surface area contributed by atoms with Crippen molar-refractivity contribution in [2.24, 2.45) is 0 Å². The van der Waals surface area contributed by atoms with E-state index in [1.54, 1.807) is 35.0 Å². The molecule has 1 aliphatic rings. The molecule has 1 saturated carbocycles. The fraction of sp³-hybridized carbons (Fsp3) is 0.478. The summed E-state index contributed by atoms with van der Waals surface area (Å²) in [5, 5.41) is 0. The molecule has 0 saturated heterocycles. The molecule has 1 N–H and O–H groups in total. The Morgan fingerprint density at radius 1 is 1.17 bits per heavy atom. The van der Waals surface area contributed by atoms with Crippen LogP contribution in [-0.2, 0) is 11.3 Å². The van der Waals surface area contributed by atoms with Gasteiger partial charge in [0, 0.05) is 23.8 Å². The third kappa shape index (κ3) is 4.67. The topological polar surface area (TPSA) is 80.9 Å². The Labute approximate surface area is 177 Å². The van der Waals surface area contributed by atoms with Crippen LogP contribution in [0.1, 0.15) is 57.4 Å². The number of aromatic amines is 1. The van der Waals surface area contributed by atoms with Crippen LogP contribution in [0.15, 0.2) is 18.2 Å². The number of hydrogen-bond donors (Lipinski definition) is 1. The van der Waals surface area contributed by atoms with E-state index in [2.05, 4.69) is 9.88 Å². The first-order valence-corrected chi connectivity index (χ1v) is 10.2. The van der Waals surface area contributed by atoms with E-state index in [0.717, 1.165) is 29.9 Å². The molecule has 0 amide bonds. The Bertz CT molecular complexity index is 930. The predicted molar refractivity (Wildman–Crippen MR) is 114 cm³/mol. The molecule has 1 aromatic heterocycles. The maximum Gasteiger partial charge on any atom is 0.340 e. The van der Waals surface area contributed by atoms with E-state index in [1.807, 2.05) is 18.2 Å². The first kappa shape index (κ1) is 21.9. The number of nitrogens with zero attached hydrogens (tertiary/aromatic N) is 1. The van der Waals surface area contributed by atoms with E-state index in [4.69, 9.17) is 14.2 Å². The Hall–Kier alpha value is -2.80. The van der Waals surface area contributed by atoms with Crippen molar-refractivity contribution in [2.75, 3.05) is 27.4 Å². The Morgan fingerprint density at radius 3 is 2.50 bits per heavy atom. The van der Waals surface area contributed by atoms with Gasteiger partial charge in [-0.2, -0.15) is 0 Å². The zero-order chi connectivity index (χ0) is 21.8. The van der Waals surface area contributed by atoms with Crippen LogP contribution in [0.2, 0.25) is 0 Å². The zero-order valence-electron chi connectivity index (χ0n) is 18.3. The molecule has 0 spiro atoms. The summed E-state index contributed by atoms with van der Waals surface area (Å²) >= 11 is 0. The minimum absolute atomic E-state index is 0.0417. The van der Waals surface area contributed by atoms with Crippen LogP contribution in [0.3, 0.4) is 0 Å². The van der Waals surface area contributed by atoms with Crippen LogP contribution in [0.25, 0.3) is 0 Å². The summed E-state index contributed by atoms with van der Waals surface area (Å²) in [7, 11) is 3.27. The lowest BCUT2D eigenvalue weighted by atomic mass is 10.1. The van der Waals surface area contributed by atoms with Crippen LogP contribution in [0.5, 0.6) is 11.5 Å². The molecular formula is C23H30N2O5. The fourth-order valence-electron chi connectivity index (χ4n) is 3.78. The fourth-order valence-corrected chi connectivity index (χ4v) is 3.78. The highest BCUT2D eigenvalue weighted by atomic mass is 16.5. The van der Waals surface area contributed by atoms with Gasteiger partial charge < -0.3 is 19.2 Å². The van der Waals surface area contributed by atoms with Crippen LogP contribution in [0.4, 0.5) is 0 Å². The summed E-state index contributed by atoms with van der Waals surface area (Å²) in [6, 6.07) is 6.05. The number of aromatic nitrogens is 1. The van der Waals surface area contributed by atoms with E-state index >= 15 is 0 Å². The van der Waals surface area contributed by atoms with E-state index < -0.39 is 5.97 Å². The normalized spacial score (nSPS) is 13.4. The second-order valence-electron chi connectivity index (χ2n) is 7.58. The van der Waals surface area contributed by atoms with Gasteiger partial charge in [0.2, 0.25) is 0 Å². The molecule has 3 rings (SSSR count). The molecule has 0 aliphatic heterocycles. The number of ether oxygens (including phenoxy) is 3. The zero-order valence-corrected chi connectivity index (χ0v) is 18.3. The molecule has 1 aromatic carbocycles. The first-order chi connectivity index (χ1) is 14.4. The van der Waals surface area contributed by atoms with Crippen LogP contribution < -0.4 is 9.47 Å². The minimum Gasteiger partial charge on any atom is -0.497 e. The maximum atomic E-state index is 13.1. The lowest BCUT2D eigenvalue weighted by molar-refractivity contribution is 0.0525. The number of carbonyl (C=O) groups is 2. The van der Waals surface area contributed by atoms with E-state index in [9.17, 15) is 9.59 Å². The molecule has 0 unspecified atom stereocenters. The molecule has 7 nitrogen and oxygen atoms in total. The average Bonchev–Trinajstić information content (AvgIpc) is 3.52. The van der Waals surface area contributed by atoms with Gasteiger partial charge in [-0.05, 0) is 57.4 Å². The van der Waals surface area contributed by atoms with Gasteiger partial charge in [0.15, 0.2) is 5.78 Å². The molecule has 0 radical (unpaired) electrons. The summed E-state index contributed by atoms with van der Waals surface area (Å²) in [6.45, 7) is 6.48. The van der Waals surface area contributed by atoms with Crippen molar-refractivity contribution in [1.29, 1.82) is 0 Å². The summed E-state index contributed by atoms with van der Waals surface area (Å²) in [4.78, 5) is 30.7. The monoisotopic (exact) mass is 414 g/mol. The lowest BCUT2D eigenvalue weighted by Crippen LogP contribution is -2.32. The van der Waals surface area contributed by atoms with Crippen molar-refractivity contribution in [1.82, 2.24) is 9.88 Å². The van der Waals surface area contributed by atoms with Gasteiger partial charge in [0.05, 0.1) is 38.6 Å². The summed E-state index contributed by atoms with van der Waals surface area (Å²) in [5.74, 6) is 1.08. The van der Waals surface area contributed by atoms with Gasteiger partial charge in [-0.3, -0.25) is 9.69 Å². The van der Waals surface area contributed by atoms with E-state index in [0.29, 0.717) is 41.7 Å². The number of H-pyrrole nitrogens is 1. The number of Topliss-reactive ketones (excluding diaryl/α,β-unsaturated/α-hetero) is 1. The SMILES string of the molecule is CCOC(=O)c1c(C)[nH]c(C(=O)CN(Cc2cc(OC)ccc2OC)C2CC2)c1C. The van der Waals surface area contributed by atoms with Gasteiger partial charge in [-0.25, -0.2) is 4.79 Å². The minimum atomic E-state index is -0.400. The molecule has 1 heterocycles. The van der Waals surface area contributed by atoms with Gasteiger partial charge in [-0.15, -0.1) is 0 Å². The maximum absolute atomic E-state index is 13.1. The van der Waals surface area contributed by atoms with Crippen LogP contribution in [-0.4, -0.2) is 55.0 Å². The lowest BCUT2D eigenvalue weighted by Gasteiger charge is -2.22. The molecule has 1 aliphatic carbocycles. The Morgan fingerprint density at radius 2 is 1.90 bits per heavy atom. The van der Waals surface area contributed by atoms with Crippen LogP contribution >= 0.6 is 0 Å². The van der Waals surface area contributed by atoms with Crippen molar-refractivity contribution in [3.8, 4) is 11.5 Å². The third-order valence-electron chi connectivity index (χ3n) is 5.47. The molecule has 7 heteroatoms. The quantitative estimate of drug-likeness (QED) is 0.472. The number of hydrogen-bond acceptors (Lipinski definition) is 6. The standard InChI is InChI=1S/C23H30N2O5/c1-6-30-23(27)21-14(2)22(24-15(21)3)19(26)13-25(17-7-8-17)12-16-11-18(28-4)9-10-20(16)29-5/h9-11,17,24H,6-8,12-13H2,1-5H3. The van der Waals surface area contributed by atoms with Crippen molar-refractivity contribution < 1.29 is 23.8 Å². The molecule has 0 atom stereocenters. The number of benzene rings is 1. The molecule has 2 aromatic rings. The largest absolute Gasteiger partial charge is 0.497 e. The number of aryl methyl sites for hydroxylation is 1. The van der Waals surface area contributed by atoms with Gasteiger partial charge in [-0.1, -0.05) is 0 Å². The number of rotatable bonds is 10. The molecule has 30 heavy (non-hydrogen) atoms. The third-order valence-corrected chi connectivity index (χ3v) is 5.47. The predicted octanol–water partition coefficient (Wildman–Crippen LogP) is 3.67. The Kier molecular flexibility index (Phi) is 6.82. The van der Waals surface area contributed by atoms with Crippen molar-refractivity contribution in [3.63, 3.8) is 0 Å². The number of esters is 1.